The zero-order valence-corrected chi connectivity index (χ0v) is 11.1. The summed E-state index contributed by atoms with van der Waals surface area (Å²) in [4.78, 5) is 19.7. The van der Waals surface area contributed by atoms with Crippen LogP contribution in [0.1, 0.15) is 10.4 Å². The van der Waals surface area contributed by atoms with Crippen LogP contribution in [0.4, 0.5) is 17.2 Å². The van der Waals surface area contributed by atoms with E-state index in [0.29, 0.717) is 11.5 Å². The van der Waals surface area contributed by atoms with Crippen LogP contribution >= 0.6 is 0 Å². The number of amides is 1. The van der Waals surface area contributed by atoms with E-state index in [4.69, 9.17) is 11.5 Å². The topological polar surface area (TPSA) is 107 Å². The number of nitrogens with two attached hydrogens (primary N) is 2. The first-order chi connectivity index (χ1) is 10.1. The Balaban J connectivity index is 2.09. The van der Waals surface area contributed by atoms with Gasteiger partial charge in [-0.2, -0.15) is 0 Å². The largest absolute Gasteiger partial charge is 0.397 e. The number of rotatable bonds is 3. The van der Waals surface area contributed by atoms with Gasteiger partial charge in [0.25, 0.3) is 5.91 Å². The van der Waals surface area contributed by atoms with E-state index in [2.05, 4.69) is 15.3 Å². The number of benzene rings is 1. The molecule has 0 fully saturated rings. The van der Waals surface area contributed by atoms with E-state index in [9.17, 15) is 4.79 Å². The average molecular weight is 279 g/mol. The van der Waals surface area contributed by atoms with Crippen LogP contribution in [-0.2, 0) is 0 Å². The van der Waals surface area contributed by atoms with Crippen LogP contribution < -0.4 is 16.8 Å². The first-order valence-electron chi connectivity index (χ1n) is 6.30. The maximum Gasteiger partial charge on any atom is 0.252 e. The van der Waals surface area contributed by atoms with Crippen LogP contribution in [0, 0.1) is 0 Å². The number of anilines is 3. The fourth-order valence-electron chi connectivity index (χ4n) is 2.13. The lowest BCUT2D eigenvalue weighted by Crippen LogP contribution is -2.14. The van der Waals surface area contributed by atoms with E-state index in [1.54, 1.807) is 12.4 Å². The molecule has 0 spiro atoms. The highest BCUT2D eigenvalue weighted by molar-refractivity contribution is 6.01. The van der Waals surface area contributed by atoms with Gasteiger partial charge in [0, 0.05) is 28.9 Å². The molecular formula is C15H13N5O. The molecule has 0 radical (unpaired) electrons. The molecule has 6 nitrogen and oxygen atoms in total. The molecule has 0 saturated heterocycles. The number of hydrogen-bond acceptors (Lipinski definition) is 5. The molecule has 104 valence electrons. The maximum atomic E-state index is 11.5. The highest BCUT2D eigenvalue weighted by Gasteiger charge is 2.11. The fourth-order valence-corrected chi connectivity index (χ4v) is 2.13. The van der Waals surface area contributed by atoms with Crippen molar-refractivity contribution in [1.29, 1.82) is 0 Å². The van der Waals surface area contributed by atoms with Crippen molar-refractivity contribution in [3.8, 4) is 0 Å². The molecule has 6 heteroatoms. The number of fused-ring (bicyclic) bond motifs is 1. The Morgan fingerprint density at radius 3 is 2.86 bits per heavy atom. The molecule has 0 saturated carbocycles. The highest BCUT2D eigenvalue weighted by atomic mass is 16.1. The molecular weight excluding hydrogens is 266 g/mol. The van der Waals surface area contributed by atoms with E-state index < -0.39 is 5.91 Å². The van der Waals surface area contributed by atoms with Crippen LogP contribution in [-0.4, -0.2) is 15.9 Å². The fraction of sp³-hybridized carbons (Fsp3) is 0. The summed E-state index contributed by atoms with van der Waals surface area (Å²) < 4.78 is 0. The van der Waals surface area contributed by atoms with Crippen molar-refractivity contribution >= 4 is 33.9 Å². The predicted molar refractivity (Wildman–Crippen MR) is 82.2 cm³/mol. The summed E-state index contributed by atoms with van der Waals surface area (Å²) in [5.41, 5.74) is 12.5. The van der Waals surface area contributed by atoms with Crippen molar-refractivity contribution in [3.05, 3.63) is 54.5 Å². The Bertz CT molecular complexity index is 826. The van der Waals surface area contributed by atoms with E-state index in [1.807, 2.05) is 24.3 Å². The molecule has 21 heavy (non-hydrogen) atoms. The number of nitrogens with zero attached hydrogens (tertiary/aromatic N) is 2. The van der Waals surface area contributed by atoms with Gasteiger partial charge in [-0.1, -0.05) is 12.1 Å². The lowest BCUT2D eigenvalue weighted by atomic mass is 10.1. The summed E-state index contributed by atoms with van der Waals surface area (Å²) >= 11 is 0. The number of carbonyl (C=O) groups excluding carboxylic acids is 1. The Kier molecular flexibility index (Phi) is 3.12. The average Bonchev–Trinajstić information content (AvgIpc) is 2.49. The molecule has 0 aliphatic heterocycles. The van der Waals surface area contributed by atoms with Gasteiger partial charge in [-0.25, -0.2) is 4.98 Å². The molecule has 2 heterocycles. The van der Waals surface area contributed by atoms with Crippen LogP contribution in [0.15, 0.2) is 48.9 Å². The van der Waals surface area contributed by atoms with Gasteiger partial charge in [0.2, 0.25) is 0 Å². The zero-order chi connectivity index (χ0) is 14.8. The minimum absolute atomic E-state index is 0.251. The van der Waals surface area contributed by atoms with E-state index in [0.717, 1.165) is 16.5 Å². The summed E-state index contributed by atoms with van der Waals surface area (Å²) in [6, 6.07) is 9.14. The molecule has 0 atom stereocenters. The number of aromatic nitrogens is 2. The van der Waals surface area contributed by atoms with Crippen molar-refractivity contribution in [1.82, 2.24) is 9.97 Å². The SMILES string of the molecule is NC(=O)c1cc(N)cnc1Nc1cccc2cnccc12. The third kappa shape index (κ3) is 2.46. The normalized spacial score (nSPS) is 10.5. The van der Waals surface area contributed by atoms with Crippen LogP contribution in [0.5, 0.6) is 0 Å². The molecule has 5 N–H and O–H groups in total. The monoisotopic (exact) mass is 279 g/mol. The van der Waals surface area contributed by atoms with Crippen molar-refractivity contribution in [3.63, 3.8) is 0 Å². The van der Waals surface area contributed by atoms with Gasteiger partial charge in [0.05, 0.1) is 17.4 Å². The van der Waals surface area contributed by atoms with Crippen molar-refractivity contribution in [2.75, 3.05) is 11.1 Å². The smallest absolute Gasteiger partial charge is 0.252 e. The van der Waals surface area contributed by atoms with E-state index in [-0.39, 0.29) is 5.56 Å². The van der Waals surface area contributed by atoms with Gasteiger partial charge in [-0.05, 0) is 18.2 Å². The zero-order valence-electron chi connectivity index (χ0n) is 11.1. The van der Waals surface area contributed by atoms with Gasteiger partial charge in [0.1, 0.15) is 5.82 Å². The molecule has 0 aliphatic carbocycles. The first kappa shape index (κ1) is 12.9. The number of primary amides is 1. The van der Waals surface area contributed by atoms with Crippen LogP contribution in [0.3, 0.4) is 0 Å². The van der Waals surface area contributed by atoms with Crippen molar-refractivity contribution in [2.24, 2.45) is 5.73 Å². The minimum Gasteiger partial charge on any atom is -0.397 e. The summed E-state index contributed by atoms with van der Waals surface area (Å²) in [7, 11) is 0. The number of nitrogen functional groups attached to an aromatic ring is 1. The number of hydrogen-bond donors (Lipinski definition) is 3. The Hall–Kier alpha value is -3.15. The molecule has 0 unspecified atom stereocenters. The summed E-state index contributed by atoms with van der Waals surface area (Å²) in [6.45, 7) is 0. The standard InChI is InChI=1S/C15H13N5O/c16-10-6-12(14(17)21)15(19-8-10)20-13-3-1-2-9-7-18-5-4-11(9)13/h1-8H,16H2,(H2,17,21)(H,19,20). The lowest BCUT2D eigenvalue weighted by molar-refractivity contribution is 0.100. The predicted octanol–water partition coefficient (Wildman–Crippen LogP) is 2.05. The summed E-state index contributed by atoms with van der Waals surface area (Å²) in [5.74, 6) is -0.208. The van der Waals surface area contributed by atoms with Gasteiger partial charge in [-0.3, -0.25) is 9.78 Å². The maximum absolute atomic E-state index is 11.5. The Morgan fingerprint density at radius 1 is 1.19 bits per heavy atom. The third-order valence-electron chi connectivity index (χ3n) is 3.11. The summed E-state index contributed by atoms with van der Waals surface area (Å²) in [6.07, 6.45) is 4.95. The first-order valence-corrected chi connectivity index (χ1v) is 6.30. The molecule has 0 bridgehead atoms. The molecule has 2 aromatic heterocycles. The molecule has 3 aromatic rings. The molecule has 3 rings (SSSR count). The lowest BCUT2D eigenvalue weighted by Gasteiger charge is -2.11. The second-order valence-electron chi connectivity index (χ2n) is 4.56. The van der Waals surface area contributed by atoms with E-state index >= 15 is 0 Å². The van der Waals surface area contributed by atoms with Gasteiger partial charge in [-0.15, -0.1) is 0 Å². The molecule has 1 aromatic carbocycles. The quantitative estimate of drug-likeness (QED) is 0.680. The number of carbonyl (C=O) groups is 1. The van der Waals surface area contributed by atoms with Gasteiger partial charge in [0.15, 0.2) is 0 Å². The van der Waals surface area contributed by atoms with Crippen LogP contribution in [0.25, 0.3) is 10.8 Å². The van der Waals surface area contributed by atoms with E-state index in [1.165, 1.54) is 12.3 Å². The Morgan fingerprint density at radius 2 is 2.05 bits per heavy atom. The van der Waals surface area contributed by atoms with Crippen molar-refractivity contribution < 1.29 is 4.79 Å². The van der Waals surface area contributed by atoms with Crippen molar-refractivity contribution in [2.45, 2.75) is 0 Å². The molecule has 0 aliphatic rings. The minimum atomic E-state index is -0.584. The number of pyridine rings is 2. The van der Waals surface area contributed by atoms with Crippen LogP contribution in [0.2, 0.25) is 0 Å². The number of nitrogens with one attached hydrogen (secondary N) is 1. The second-order valence-corrected chi connectivity index (χ2v) is 4.56. The second kappa shape index (κ2) is 5.09. The molecule has 1 amide bonds. The van der Waals surface area contributed by atoms with Gasteiger partial charge < -0.3 is 16.8 Å². The third-order valence-corrected chi connectivity index (χ3v) is 3.11. The Labute approximate surface area is 120 Å². The summed E-state index contributed by atoms with van der Waals surface area (Å²) in [5, 5.41) is 5.09. The highest BCUT2D eigenvalue weighted by Crippen LogP contribution is 2.26. The van der Waals surface area contributed by atoms with Gasteiger partial charge >= 0.3 is 0 Å².